The predicted octanol–water partition coefficient (Wildman–Crippen LogP) is 2.45. The Hall–Kier alpha value is -2.56. The van der Waals surface area contributed by atoms with E-state index >= 15 is 0 Å². The SMILES string of the molecule is CC[C@H](C(=O)NCCn1ccn2nccc12)c1ccccc1. The van der Waals surface area contributed by atoms with Crippen molar-refractivity contribution >= 4 is 11.6 Å². The molecule has 0 aliphatic heterocycles. The average molecular weight is 296 g/mol. The van der Waals surface area contributed by atoms with Crippen LogP contribution in [0.2, 0.25) is 0 Å². The molecule has 1 amide bonds. The van der Waals surface area contributed by atoms with E-state index in [-0.39, 0.29) is 11.8 Å². The average Bonchev–Trinajstić information content (AvgIpc) is 3.14. The third-order valence-corrected chi connectivity index (χ3v) is 3.91. The Morgan fingerprint density at radius 1 is 1.23 bits per heavy atom. The van der Waals surface area contributed by atoms with Crippen LogP contribution in [0.15, 0.2) is 55.0 Å². The molecular formula is C17H20N4O. The molecular weight excluding hydrogens is 276 g/mol. The van der Waals surface area contributed by atoms with Gasteiger partial charge in [-0.05, 0) is 12.0 Å². The van der Waals surface area contributed by atoms with Gasteiger partial charge in [-0.25, -0.2) is 4.52 Å². The number of nitrogens with zero attached hydrogens (tertiary/aromatic N) is 3. The quantitative estimate of drug-likeness (QED) is 0.759. The Kier molecular flexibility index (Phi) is 4.23. The van der Waals surface area contributed by atoms with Crippen LogP contribution in [0.1, 0.15) is 24.8 Å². The van der Waals surface area contributed by atoms with E-state index in [2.05, 4.69) is 15.0 Å². The number of imidazole rings is 1. The number of carbonyl (C=O) groups excluding carboxylic acids is 1. The molecule has 3 rings (SSSR count). The molecule has 22 heavy (non-hydrogen) atoms. The summed E-state index contributed by atoms with van der Waals surface area (Å²) in [4.78, 5) is 12.4. The summed E-state index contributed by atoms with van der Waals surface area (Å²) in [6, 6.07) is 11.9. The zero-order valence-electron chi connectivity index (χ0n) is 12.6. The molecule has 114 valence electrons. The van der Waals surface area contributed by atoms with E-state index in [9.17, 15) is 4.79 Å². The van der Waals surface area contributed by atoms with Gasteiger partial charge in [0.15, 0.2) is 0 Å². The fourth-order valence-corrected chi connectivity index (χ4v) is 2.74. The number of fused-ring (bicyclic) bond motifs is 1. The Balaban J connectivity index is 1.59. The number of nitrogens with one attached hydrogen (secondary N) is 1. The molecule has 0 saturated carbocycles. The van der Waals surface area contributed by atoms with Crippen LogP contribution in [0, 0.1) is 0 Å². The van der Waals surface area contributed by atoms with Crippen molar-refractivity contribution in [3.8, 4) is 0 Å². The van der Waals surface area contributed by atoms with Crippen LogP contribution in [0.25, 0.3) is 5.65 Å². The molecule has 0 fully saturated rings. The topological polar surface area (TPSA) is 51.3 Å². The van der Waals surface area contributed by atoms with Gasteiger partial charge in [-0.15, -0.1) is 0 Å². The maximum absolute atomic E-state index is 12.4. The monoisotopic (exact) mass is 296 g/mol. The van der Waals surface area contributed by atoms with Crippen LogP contribution >= 0.6 is 0 Å². The highest BCUT2D eigenvalue weighted by Gasteiger charge is 2.17. The zero-order chi connectivity index (χ0) is 15.4. The summed E-state index contributed by atoms with van der Waals surface area (Å²) in [7, 11) is 0. The van der Waals surface area contributed by atoms with Gasteiger partial charge in [0.2, 0.25) is 5.91 Å². The van der Waals surface area contributed by atoms with E-state index in [1.54, 1.807) is 6.20 Å². The third kappa shape index (κ3) is 2.88. The van der Waals surface area contributed by atoms with Crippen molar-refractivity contribution < 1.29 is 4.79 Å². The number of hydrogen-bond acceptors (Lipinski definition) is 2. The van der Waals surface area contributed by atoms with Gasteiger partial charge in [0.25, 0.3) is 0 Å². The lowest BCUT2D eigenvalue weighted by atomic mass is 9.96. The first-order valence-electron chi connectivity index (χ1n) is 7.60. The molecule has 3 aromatic rings. The largest absolute Gasteiger partial charge is 0.354 e. The maximum Gasteiger partial charge on any atom is 0.227 e. The van der Waals surface area contributed by atoms with Crippen LogP contribution in [0.4, 0.5) is 0 Å². The molecule has 0 radical (unpaired) electrons. The number of rotatable bonds is 6. The fraction of sp³-hybridized carbons (Fsp3) is 0.294. The van der Waals surface area contributed by atoms with Crippen molar-refractivity contribution in [2.24, 2.45) is 0 Å². The first-order valence-corrected chi connectivity index (χ1v) is 7.60. The van der Waals surface area contributed by atoms with Gasteiger partial charge in [0.05, 0.1) is 12.1 Å². The van der Waals surface area contributed by atoms with Gasteiger partial charge >= 0.3 is 0 Å². The number of benzene rings is 1. The number of aromatic nitrogens is 3. The van der Waals surface area contributed by atoms with Crippen molar-refractivity contribution in [2.75, 3.05) is 6.54 Å². The van der Waals surface area contributed by atoms with E-state index in [4.69, 9.17) is 0 Å². The number of amides is 1. The fourth-order valence-electron chi connectivity index (χ4n) is 2.74. The summed E-state index contributed by atoms with van der Waals surface area (Å²) in [6.07, 6.45) is 6.46. The molecule has 1 atom stereocenters. The first kappa shape index (κ1) is 14.4. The molecule has 2 heterocycles. The molecule has 1 N–H and O–H groups in total. The lowest BCUT2D eigenvalue weighted by molar-refractivity contribution is -0.122. The van der Waals surface area contributed by atoms with Crippen LogP contribution in [0.3, 0.4) is 0 Å². The van der Waals surface area contributed by atoms with Gasteiger partial charge in [-0.2, -0.15) is 5.10 Å². The summed E-state index contributed by atoms with van der Waals surface area (Å²) >= 11 is 0. The van der Waals surface area contributed by atoms with Gasteiger partial charge in [0.1, 0.15) is 5.65 Å². The minimum Gasteiger partial charge on any atom is -0.354 e. The summed E-state index contributed by atoms with van der Waals surface area (Å²) in [6.45, 7) is 3.38. The number of carbonyl (C=O) groups is 1. The summed E-state index contributed by atoms with van der Waals surface area (Å²) in [5.74, 6) is 0.00577. The molecule has 0 aliphatic rings. The standard InChI is InChI=1S/C17H20N4O/c1-2-15(14-6-4-3-5-7-14)17(22)18-10-11-20-12-13-21-16(20)8-9-19-21/h3-9,12-13,15H,2,10-11H2,1H3,(H,18,22)/t15-/m0/s1. The normalized spacial score (nSPS) is 12.4. The van der Waals surface area contributed by atoms with Gasteiger partial charge in [-0.1, -0.05) is 37.3 Å². The molecule has 5 heteroatoms. The lowest BCUT2D eigenvalue weighted by Crippen LogP contribution is -2.31. The van der Waals surface area contributed by atoms with Crippen molar-refractivity contribution in [3.63, 3.8) is 0 Å². The van der Waals surface area contributed by atoms with E-state index in [1.165, 1.54) is 0 Å². The van der Waals surface area contributed by atoms with Crippen LogP contribution < -0.4 is 5.32 Å². The van der Waals surface area contributed by atoms with Crippen molar-refractivity contribution in [2.45, 2.75) is 25.8 Å². The van der Waals surface area contributed by atoms with Crippen LogP contribution in [0.5, 0.6) is 0 Å². The molecule has 2 aromatic heterocycles. The number of hydrogen-bond donors (Lipinski definition) is 1. The van der Waals surface area contributed by atoms with Crippen LogP contribution in [-0.2, 0) is 11.3 Å². The van der Waals surface area contributed by atoms with E-state index in [0.29, 0.717) is 6.54 Å². The predicted molar refractivity (Wildman–Crippen MR) is 85.7 cm³/mol. The molecule has 1 aromatic carbocycles. The minimum atomic E-state index is -0.0825. The second-order valence-electron chi connectivity index (χ2n) is 5.29. The molecule has 0 unspecified atom stereocenters. The highest BCUT2D eigenvalue weighted by atomic mass is 16.1. The maximum atomic E-state index is 12.4. The van der Waals surface area contributed by atoms with E-state index in [1.807, 2.05) is 60.2 Å². The molecule has 5 nitrogen and oxygen atoms in total. The van der Waals surface area contributed by atoms with Gasteiger partial charge in [0, 0.05) is 31.5 Å². The van der Waals surface area contributed by atoms with Crippen LogP contribution in [-0.4, -0.2) is 26.6 Å². The molecule has 0 bridgehead atoms. The Bertz CT molecular complexity index is 744. The van der Waals surface area contributed by atoms with Gasteiger partial charge < -0.3 is 9.88 Å². The van der Waals surface area contributed by atoms with Gasteiger partial charge in [-0.3, -0.25) is 4.79 Å². The first-order chi connectivity index (χ1) is 10.8. The highest BCUT2D eigenvalue weighted by Crippen LogP contribution is 2.19. The van der Waals surface area contributed by atoms with Crippen molar-refractivity contribution in [1.29, 1.82) is 0 Å². The summed E-state index contributed by atoms with van der Waals surface area (Å²) in [5, 5.41) is 7.21. The van der Waals surface area contributed by atoms with E-state index in [0.717, 1.165) is 24.2 Å². The summed E-state index contributed by atoms with van der Waals surface area (Å²) in [5.41, 5.74) is 2.10. The highest BCUT2D eigenvalue weighted by molar-refractivity contribution is 5.83. The van der Waals surface area contributed by atoms with Crippen molar-refractivity contribution in [3.05, 3.63) is 60.6 Å². The zero-order valence-corrected chi connectivity index (χ0v) is 12.6. The lowest BCUT2D eigenvalue weighted by Gasteiger charge is -2.15. The van der Waals surface area contributed by atoms with E-state index < -0.39 is 0 Å². The Morgan fingerprint density at radius 2 is 2.05 bits per heavy atom. The Labute approximate surface area is 129 Å². The third-order valence-electron chi connectivity index (χ3n) is 3.91. The summed E-state index contributed by atoms with van der Waals surface area (Å²) < 4.78 is 3.90. The molecule has 0 aliphatic carbocycles. The smallest absolute Gasteiger partial charge is 0.227 e. The molecule has 0 saturated heterocycles. The van der Waals surface area contributed by atoms with Crippen molar-refractivity contribution in [1.82, 2.24) is 19.5 Å². The Morgan fingerprint density at radius 3 is 2.82 bits per heavy atom. The minimum absolute atomic E-state index is 0.0825. The molecule has 0 spiro atoms. The second kappa shape index (κ2) is 6.47. The second-order valence-corrected chi connectivity index (χ2v) is 5.29.